The molecule has 0 bridgehead atoms. The van der Waals surface area contributed by atoms with Gasteiger partial charge in [0.25, 0.3) is 5.91 Å². The predicted octanol–water partition coefficient (Wildman–Crippen LogP) is 1.15. The molecule has 0 atom stereocenters. The first kappa shape index (κ1) is 12.3. The van der Waals surface area contributed by atoms with Gasteiger partial charge in [0, 0.05) is 25.6 Å². The molecule has 2 amide bonds. The number of rotatable bonds is 3. The summed E-state index contributed by atoms with van der Waals surface area (Å²) in [5, 5.41) is 6.55. The van der Waals surface area contributed by atoms with Crippen molar-refractivity contribution < 1.29 is 14.1 Å². The third-order valence-corrected chi connectivity index (χ3v) is 2.72. The highest BCUT2D eigenvalue weighted by atomic mass is 16.5. The Morgan fingerprint density at radius 1 is 1.50 bits per heavy atom. The zero-order chi connectivity index (χ0) is 13.1. The molecule has 0 saturated carbocycles. The highest BCUT2D eigenvalue weighted by Crippen LogP contribution is 2.16. The summed E-state index contributed by atoms with van der Waals surface area (Å²) in [7, 11) is 0. The number of hydrazine groups is 1. The fourth-order valence-electron chi connectivity index (χ4n) is 1.91. The molecule has 1 aliphatic heterocycles. The number of nitrogens with zero attached hydrogens (tertiary/aromatic N) is 3. The van der Waals surface area contributed by atoms with Gasteiger partial charge in [-0.05, 0) is 13.3 Å². The average Bonchev–Trinajstić information content (AvgIpc) is 2.96. The maximum absolute atomic E-state index is 12.2. The molecule has 2 rings (SSSR count). The van der Waals surface area contributed by atoms with Gasteiger partial charge in [-0.1, -0.05) is 11.2 Å². The Morgan fingerprint density at radius 3 is 2.83 bits per heavy atom. The smallest absolute Gasteiger partial charge is 0.294 e. The van der Waals surface area contributed by atoms with Crippen LogP contribution in [-0.2, 0) is 4.79 Å². The summed E-state index contributed by atoms with van der Waals surface area (Å²) in [5.41, 5.74) is 0.228. The van der Waals surface area contributed by atoms with Gasteiger partial charge in [0.2, 0.25) is 5.91 Å². The van der Waals surface area contributed by atoms with Crippen LogP contribution in [0.5, 0.6) is 0 Å². The van der Waals surface area contributed by atoms with Crippen molar-refractivity contribution in [2.24, 2.45) is 0 Å². The van der Waals surface area contributed by atoms with Gasteiger partial charge in [-0.25, -0.2) is 5.01 Å². The van der Waals surface area contributed by atoms with Gasteiger partial charge in [-0.2, -0.15) is 0 Å². The maximum Gasteiger partial charge on any atom is 0.294 e. The molecule has 2 heterocycles. The summed E-state index contributed by atoms with van der Waals surface area (Å²) >= 11 is 0. The first-order valence-electron chi connectivity index (χ1n) is 5.80. The van der Waals surface area contributed by atoms with E-state index in [-0.39, 0.29) is 23.9 Å². The Hall–Kier alpha value is -2.11. The van der Waals surface area contributed by atoms with Crippen molar-refractivity contribution >= 4 is 11.8 Å². The van der Waals surface area contributed by atoms with Crippen molar-refractivity contribution in [3.8, 4) is 0 Å². The predicted molar refractivity (Wildman–Crippen MR) is 63.4 cm³/mol. The summed E-state index contributed by atoms with van der Waals surface area (Å²) < 4.78 is 4.87. The normalized spacial score (nSPS) is 14.9. The number of carbonyl (C=O) groups excluding carboxylic acids is 2. The van der Waals surface area contributed by atoms with Gasteiger partial charge in [0.15, 0.2) is 5.69 Å². The van der Waals surface area contributed by atoms with Crippen LogP contribution in [0, 0.1) is 6.92 Å². The molecule has 1 aromatic rings. The molecule has 0 aromatic carbocycles. The standard InChI is InChI=1S/C12H15N3O3/c1-3-5-11(16)14-6-4-7-15(14)12(17)10-8-9(2)18-13-10/h3,8H,1,4-7H2,2H3. The zero-order valence-corrected chi connectivity index (χ0v) is 10.3. The van der Waals surface area contributed by atoms with Gasteiger partial charge >= 0.3 is 0 Å². The molecular weight excluding hydrogens is 234 g/mol. The molecular formula is C12H15N3O3. The zero-order valence-electron chi connectivity index (χ0n) is 10.3. The van der Waals surface area contributed by atoms with Gasteiger partial charge in [0.05, 0.1) is 0 Å². The van der Waals surface area contributed by atoms with E-state index in [0.717, 1.165) is 6.42 Å². The van der Waals surface area contributed by atoms with E-state index in [1.807, 2.05) is 0 Å². The maximum atomic E-state index is 12.2. The Morgan fingerprint density at radius 2 is 2.22 bits per heavy atom. The molecule has 0 spiro atoms. The van der Waals surface area contributed by atoms with Crippen LogP contribution in [0.3, 0.4) is 0 Å². The average molecular weight is 249 g/mol. The van der Waals surface area contributed by atoms with E-state index in [9.17, 15) is 9.59 Å². The third kappa shape index (κ3) is 2.27. The molecule has 0 radical (unpaired) electrons. The third-order valence-electron chi connectivity index (χ3n) is 2.72. The first-order valence-corrected chi connectivity index (χ1v) is 5.80. The number of amides is 2. The van der Waals surface area contributed by atoms with E-state index in [0.29, 0.717) is 18.8 Å². The number of aromatic nitrogens is 1. The van der Waals surface area contributed by atoms with E-state index in [1.54, 1.807) is 13.0 Å². The number of aryl methyl sites for hydroxylation is 1. The van der Waals surface area contributed by atoms with E-state index >= 15 is 0 Å². The fourth-order valence-corrected chi connectivity index (χ4v) is 1.91. The topological polar surface area (TPSA) is 66.7 Å². The minimum Gasteiger partial charge on any atom is -0.361 e. The van der Waals surface area contributed by atoms with Crippen LogP contribution in [0.25, 0.3) is 0 Å². The summed E-state index contributed by atoms with van der Waals surface area (Å²) in [6.45, 7) is 6.31. The monoisotopic (exact) mass is 249 g/mol. The lowest BCUT2D eigenvalue weighted by Gasteiger charge is -2.26. The number of hydrogen-bond acceptors (Lipinski definition) is 4. The quantitative estimate of drug-likeness (QED) is 0.754. The van der Waals surface area contributed by atoms with Crippen molar-refractivity contribution in [3.05, 3.63) is 30.2 Å². The summed E-state index contributed by atoms with van der Waals surface area (Å²) in [4.78, 5) is 24.0. The van der Waals surface area contributed by atoms with E-state index in [4.69, 9.17) is 4.52 Å². The second-order valence-electron chi connectivity index (χ2n) is 4.11. The van der Waals surface area contributed by atoms with Crippen molar-refractivity contribution in [2.45, 2.75) is 19.8 Å². The van der Waals surface area contributed by atoms with Crippen LogP contribution < -0.4 is 0 Å². The van der Waals surface area contributed by atoms with Gasteiger partial charge in [-0.3, -0.25) is 14.6 Å². The molecule has 6 heteroatoms. The molecule has 1 aliphatic rings. The van der Waals surface area contributed by atoms with E-state index < -0.39 is 0 Å². The Balaban J connectivity index is 2.14. The van der Waals surface area contributed by atoms with Crippen molar-refractivity contribution in [2.75, 3.05) is 13.1 Å². The lowest BCUT2D eigenvalue weighted by molar-refractivity contribution is -0.139. The molecule has 1 fully saturated rings. The van der Waals surface area contributed by atoms with Crippen LogP contribution in [0.1, 0.15) is 29.1 Å². The molecule has 6 nitrogen and oxygen atoms in total. The molecule has 96 valence electrons. The van der Waals surface area contributed by atoms with Crippen LogP contribution in [0.2, 0.25) is 0 Å². The molecule has 0 unspecified atom stereocenters. The largest absolute Gasteiger partial charge is 0.361 e. The second kappa shape index (κ2) is 5.03. The van der Waals surface area contributed by atoms with Crippen molar-refractivity contribution in [1.82, 2.24) is 15.2 Å². The highest BCUT2D eigenvalue weighted by molar-refractivity contribution is 5.94. The minimum absolute atomic E-state index is 0.129. The van der Waals surface area contributed by atoms with Crippen molar-refractivity contribution in [1.29, 1.82) is 0 Å². The number of hydrogen-bond donors (Lipinski definition) is 0. The van der Waals surface area contributed by atoms with E-state index in [2.05, 4.69) is 11.7 Å². The molecule has 0 aliphatic carbocycles. The van der Waals surface area contributed by atoms with Gasteiger partial charge < -0.3 is 4.52 Å². The van der Waals surface area contributed by atoms with Crippen LogP contribution in [0.15, 0.2) is 23.2 Å². The summed E-state index contributed by atoms with van der Waals surface area (Å²) in [5.74, 6) is 0.138. The highest BCUT2D eigenvalue weighted by Gasteiger charge is 2.31. The fraction of sp³-hybridized carbons (Fsp3) is 0.417. The van der Waals surface area contributed by atoms with Crippen LogP contribution in [-0.4, -0.2) is 40.1 Å². The lowest BCUT2D eigenvalue weighted by atomic mass is 10.3. The van der Waals surface area contributed by atoms with Gasteiger partial charge in [-0.15, -0.1) is 6.58 Å². The van der Waals surface area contributed by atoms with E-state index in [1.165, 1.54) is 16.1 Å². The van der Waals surface area contributed by atoms with Gasteiger partial charge in [0.1, 0.15) is 5.76 Å². The minimum atomic E-state index is -0.304. The molecule has 1 saturated heterocycles. The summed E-state index contributed by atoms with van der Waals surface area (Å²) in [6.07, 6.45) is 2.52. The Kier molecular flexibility index (Phi) is 3.45. The van der Waals surface area contributed by atoms with Crippen LogP contribution in [0.4, 0.5) is 0 Å². The SMILES string of the molecule is C=CCC(=O)N1CCCN1C(=O)c1cc(C)on1. The number of carbonyl (C=O) groups is 2. The second-order valence-corrected chi connectivity index (χ2v) is 4.11. The van der Waals surface area contributed by atoms with Crippen molar-refractivity contribution in [3.63, 3.8) is 0 Å². The lowest BCUT2D eigenvalue weighted by Crippen LogP contribution is -2.44. The molecule has 18 heavy (non-hydrogen) atoms. The van der Waals surface area contributed by atoms with Crippen LogP contribution >= 0.6 is 0 Å². The molecule has 0 N–H and O–H groups in total. The summed E-state index contributed by atoms with van der Waals surface area (Å²) in [6, 6.07) is 1.57. The Labute approximate surface area is 105 Å². The Bertz CT molecular complexity index is 481. The molecule has 1 aromatic heterocycles. The first-order chi connectivity index (χ1) is 8.63.